The number of nitrogens with zero attached hydrogens (tertiary/aromatic N) is 2. The number of thiophene rings is 1. The van der Waals surface area contributed by atoms with Crippen LogP contribution >= 0.6 is 23.1 Å². The Kier molecular flexibility index (Phi) is 6.41. The second kappa shape index (κ2) is 8.96. The van der Waals surface area contributed by atoms with E-state index in [2.05, 4.69) is 57.2 Å². The third kappa shape index (κ3) is 4.84. The minimum Gasteiger partial charge on any atom is -0.355 e. The topological polar surface area (TPSA) is 84.0 Å². The van der Waals surface area contributed by atoms with Gasteiger partial charge >= 0.3 is 0 Å². The normalized spacial score (nSPS) is 10.7. The number of nitrogens with one attached hydrogen (secondary N) is 2. The van der Waals surface area contributed by atoms with Crippen molar-refractivity contribution >= 4 is 45.1 Å². The molecule has 0 atom stereocenters. The number of rotatable bonds is 7. The summed E-state index contributed by atoms with van der Waals surface area (Å²) in [6, 6.07) is 8.31. The van der Waals surface area contributed by atoms with Crippen LogP contribution in [0.4, 0.5) is 0 Å². The second-order valence-electron chi connectivity index (χ2n) is 5.89. The molecule has 3 rings (SSSR count). The van der Waals surface area contributed by atoms with Crippen LogP contribution in [0.5, 0.6) is 0 Å². The maximum atomic E-state index is 12.0. The lowest BCUT2D eigenvalue weighted by atomic mass is 10.1. The number of likely N-dealkylation sites (N-methyl/N-ethyl adjacent to an activating group) is 1. The molecule has 2 N–H and O–H groups in total. The van der Waals surface area contributed by atoms with E-state index in [4.69, 9.17) is 0 Å². The van der Waals surface area contributed by atoms with E-state index in [1.165, 1.54) is 23.7 Å². The predicted octanol–water partition coefficient (Wildman–Crippen LogP) is 3.01. The molecule has 2 amide bonds. The van der Waals surface area contributed by atoms with Gasteiger partial charge in [0, 0.05) is 17.5 Å². The van der Waals surface area contributed by atoms with Crippen molar-refractivity contribution in [1.82, 2.24) is 20.6 Å². The van der Waals surface area contributed by atoms with Crippen LogP contribution in [0.15, 0.2) is 41.0 Å². The summed E-state index contributed by atoms with van der Waals surface area (Å²) in [7, 11) is 0. The zero-order valence-electron chi connectivity index (χ0n) is 15.1. The van der Waals surface area contributed by atoms with E-state index in [0.717, 1.165) is 26.4 Å². The van der Waals surface area contributed by atoms with E-state index >= 15 is 0 Å². The summed E-state index contributed by atoms with van der Waals surface area (Å²) in [5.41, 5.74) is 3.37. The van der Waals surface area contributed by atoms with Gasteiger partial charge in [0.05, 0.1) is 17.7 Å². The number of hydrogen-bond acceptors (Lipinski definition) is 6. The van der Waals surface area contributed by atoms with Gasteiger partial charge < -0.3 is 10.6 Å². The van der Waals surface area contributed by atoms with Crippen LogP contribution in [0.3, 0.4) is 0 Å². The zero-order valence-corrected chi connectivity index (χ0v) is 16.7. The minimum atomic E-state index is -0.204. The first-order valence-corrected chi connectivity index (χ1v) is 10.4. The lowest BCUT2D eigenvalue weighted by molar-refractivity contribution is -0.124. The minimum absolute atomic E-state index is 0.0144. The molecule has 27 heavy (non-hydrogen) atoms. The Hall–Kier alpha value is -2.45. The fourth-order valence-corrected chi connectivity index (χ4v) is 4.35. The monoisotopic (exact) mass is 400 g/mol. The molecule has 0 spiro atoms. The average Bonchev–Trinajstić information content (AvgIpc) is 3.10. The van der Waals surface area contributed by atoms with E-state index < -0.39 is 0 Å². The van der Waals surface area contributed by atoms with Crippen LogP contribution < -0.4 is 10.6 Å². The molecule has 0 unspecified atom stereocenters. The first kappa shape index (κ1) is 19.3. The Labute approximate surface area is 165 Å². The molecular formula is C19H20N4O2S2. The Morgan fingerprint density at radius 2 is 1.89 bits per heavy atom. The lowest BCUT2D eigenvalue weighted by Crippen LogP contribution is -2.37. The van der Waals surface area contributed by atoms with E-state index in [1.54, 1.807) is 11.3 Å². The number of fused-ring (bicyclic) bond motifs is 1. The van der Waals surface area contributed by atoms with Crippen LogP contribution in [-0.2, 0) is 9.59 Å². The van der Waals surface area contributed by atoms with Crippen molar-refractivity contribution in [3.63, 3.8) is 0 Å². The molecule has 1 aromatic carbocycles. The number of hydrogen-bond donors (Lipinski definition) is 2. The summed E-state index contributed by atoms with van der Waals surface area (Å²) in [5, 5.41) is 9.07. The highest BCUT2D eigenvalue weighted by Crippen LogP contribution is 2.37. The Morgan fingerprint density at radius 1 is 1.11 bits per heavy atom. The first-order valence-electron chi connectivity index (χ1n) is 8.54. The molecule has 140 valence electrons. The van der Waals surface area contributed by atoms with Crippen LogP contribution in [-0.4, -0.2) is 40.6 Å². The Balaban J connectivity index is 1.75. The maximum Gasteiger partial charge on any atom is 0.239 e. The van der Waals surface area contributed by atoms with Crippen molar-refractivity contribution in [3.05, 3.63) is 41.5 Å². The average molecular weight is 401 g/mol. The van der Waals surface area contributed by atoms with E-state index in [0.29, 0.717) is 6.54 Å². The highest BCUT2D eigenvalue weighted by atomic mass is 32.2. The SMILES string of the molecule is CCNC(=O)CNC(=O)CSc1ncnc2scc(-c3ccc(C)cc3)c12. The summed E-state index contributed by atoms with van der Waals surface area (Å²) in [4.78, 5) is 33.1. The van der Waals surface area contributed by atoms with Gasteiger partial charge in [-0.15, -0.1) is 11.3 Å². The number of aryl methyl sites for hydroxylation is 1. The first-order chi connectivity index (χ1) is 13.1. The van der Waals surface area contributed by atoms with E-state index in [-0.39, 0.29) is 24.1 Å². The molecule has 0 fully saturated rings. The van der Waals surface area contributed by atoms with Gasteiger partial charge in [0.1, 0.15) is 16.2 Å². The van der Waals surface area contributed by atoms with Crippen molar-refractivity contribution in [2.24, 2.45) is 0 Å². The summed E-state index contributed by atoms with van der Waals surface area (Å²) in [6.07, 6.45) is 1.52. The molecule has 0 saturated heterocycles. The molecule has 0 aliphatic rings. The maximum absolute atomic E-state index is 12.0. The number of amides is 2. The molecule has 8 heteroatoms. The molecule has 0 bridgehead atoms. The van der Waals surface area contributed by atoms with Gasteiger partial charge in [-0.05, 0) is 19.4 Å². The fourth-order valence-electron chi connectivity index (χ4n) is 2.53. The van der Waals surface area contributed by atoms with Gasteiger partial charge in [0.2, 0.25) is 11.8 Å². The van der Waals surface area contributed by atoms with Crippen molar-refractivity contribution in [3.8, 4) is 11.1 Å². The van der Waals surface area contributed by atoms with Crippen molar-refractivity contribution in [2.75, 3.05) is 18.8 Å². The molecule has 6 nitrogen and oxygen atoms in total. The Morgan fingerprint density at radius 3 is 2.63 bits per heavy atom. The second-order valence-corrected chi connectivity index (χ2v) is 7.72. The Bertz CT molecular complexity index is 954. The smallest absolute Gasteiger partial charge is 0.239 e. The highest BCUT2D eigenvalue weighted by molar-refractivity contribution is 8.00. The third-order valence-corrected chi connectivity index (χ3v) is 5.73. The van der Waals surface area contributed by atoms with Gasteiger partial charge in [-0.25, -0.2) is 9.97 Å². The summed E-state index contributed by atoms with van der Waals surface area (Å²) >= 11 is 2.91. The van der Waals surface area contributed by atoms with Crippen molar-refractivity contribution < 1.29 is 9.59 Å². The summed E-state index contributed by atoms with van der Waals surface area (Å²) in [6.45, 7) is 4.42. The van der Waals surface area contributed by atoms with Gasteiger partial charge in [-0.3, -0.25) is 9.59 Å². The van der Waals surface area contributed by atoms with Crippen LogP contribution in [0.25, 0.3) is 21.3 Å². The summed E-state index contributed by atoms with van der Waals surface area (Å²) in [5.74, 6) is -0.209. The van der Waals surface area contributed by atoms with Gasteiger partial charge in [0.25, 0.3) is 0 Å². The standard InChI is InChI=1S/C19H20N4O2S2/c1-3-20-15(24)8-21-16(25)10-27-19-17-14(9-26-18(17)22-11-23-19)13-6-4-12(2)5-7-13/h4-7,9,11H,3,8,10H2,1-2H3,(H,20,24)(H,21,25). The van der Waals surface area contributed by atoms with E-state index in [1.807, 2.05) is 6.92 Å². The van der Waals surface area contributed by atoms with Crippen LogP contribution in [0, 0.1) is 6.92 Å². The summed E-state index contributed by atoms with van der Waals surface area (Å²) < 4.78 is 0. The molecule has 0 aliphatic heterocycles. The van der Waals surface area contributed by atoms with Crippen molar-refractivity contribution in [2.45, 2.75) is 18.9 Å². The number of benzene rings is 1. The number of carbonyl (C=O) groups excluding carboxylic acids is 2. The van der Waals surface area contributed by atoms with E-state index in [9.17, 15) is 9.59 Å². The highest BCUT2D eigenvalue weighted by Gasteiger charge is 2.15. The molecule has 2 aromatic heterocycles. The van der Waals surface area contributed by atoms with Crippen molar-refractivity contribution in [1.29, 1.82) is 0 Å². The number of thioether (sulfide) groups is 1. The molecule has 0 radical (unpaired) electrons. The fraction of sp³-hybridized carbons (Fsp3) is 0.263. The predicted molar refractivity (Wildman–Crippen MR) is 110 cm³/mol. The van der Waals surface area contributed by atoms with Gasteiger partial charge in [-0.1, -0.05) is 41.6 Å². The molecular weight excluding hydrogens is 380 g/mol. The lowest BCUT2D eigenvalue weighted by Gasteiger charge is -2.07. The largest absolute Gasteiger partial charge is 0.355 e. The molecule has 0 saturated carbocycles. The van der Waals surface area contributed by atoms with Gasteiger partial charge in [0.15, 0.2) is 0 Å². The molecule has 2 heterocycles. The van der Waals surface area contributed by atoms with Crippen LogP contribution in [0.1, 0.15) is 12.5 Å². The molecule has 3 aromatic rings. The van der Waals surface area contributed by atoms with Gasteiger partial charge in [-0.2, -0.15) is 0 Å². The zero-order chi connectivity index (χ0) is 19.2. The number of carbonyl (C=O) groups is 2. The molecule has 0 aliphatic carbocycles. The van der Waals surface area contributed by atoms with Crippen LogP contribution in [0.2, 0.25) is 0 Å². The third-order valence-electron chi connectivity index (χ3n) is 3.86. The number of aromatic nitrogens is 2. The quantitative estimate of drug-likeness (QED) is 0.470.